The first-order valence-corrected chi connectivity index (χ1v) is 8.62. The number of carbonyl (C=O) groups excluding carboxylic acids is 2. The van der Waals surface area contributed by atoms with Crippen LogP contribution in [0.25, 0.3) is 0 Å². The molecule has 0 aromatic heterocycles. The van der Waals surface area contributed by atoms with Crippen molar-refractivity contribution in [3.05, 3.63) is 29.8 Å². The third kappa shape index (κ3) is 4.19. The summed E-state index contributed by atoms with van der Waals surface area (Å²) in [6.07, 6.45) is 3.83. The maximum Gasteiger partial charge on any atom is 0.317 e. The Hall–Kier alpha value is -2.24. The van der Waals surface area contributed by atoms with Crippen molar-refractivity contribution in [3.63, 3.8) is 0 Å². The zero-order valence-electron chi connectivity index (χ0n) is 14.1. The van der Waals surface area contributed by atoms with Crippen LogP contribution >= 0.6 is 0 Å². The fourth-order valence-corrected chi connectivity index (χ4v) is 3.04. The molecule has 1 heterocycles. The van der Waals surface area contributed by atoms with Gasteiger partial charge in [0.2, 0.25) is 5.91 Å². The Morgan fingerprint density at radius 1 is 1.25 bits per heavy atom. The van der Waals surface area contributed by atoms with Crippen molar-refractivity contribution in [2.75, 3.05) is 20.2 Å². The van der Waals surface area contributed by atoms with Crippen LogP contribution in [0.3, 0.4) is 0 Å². The number of hydrogen-bond acceptors (Lipinski definition) is 3. The maximum absolute atomic E-state index is 12.5. The van der Waals surface area contributed by atoms with Crippen molar-refractivity contribution in [3.8, 4) is 5.75 Å². The van der Waals surface area contributed by atoms with Crippen LogP contribution in [0, 0.1) is 5.92 Å². The number of para-hydroxylation sites is 1. The van der Waals surface area contributed by atoms with Crippen LogP contribution in [0.15, 0.2) is 24.3 Å². The number of nitrogens with one attached hydrogen (secondary N) is 2. The topological polar surface area (TPSA) is 70.7 Å². The number of benzene rings is 1. The van der Waals surface area contributed by atoms with Gasteiger partial charge in [-0.3, -0.25) is 4.79 Å². The molecule has 6 nitrogen and oxygen atoms in total. The van der Waals surface area contributed by atoms with Gasteiger partial charge in [-0.1, -0.05) is 18.2 Å². The van der Waals surface area contributed by atoms with E-state index in [2.05, 4.69) is 10.6 Å². The molecular formula is C18H25N3O3. The van der Waals surface area contributed by atoms with Gasteiger partial charge in [0.1, 0.15) is 5.75 Å². The lowest BCUT2D eigenvalue weighted by Gasteiger charge is -2.32. The van der Waals surface area contributed by atoms with Crippen molar-refractivity contribution >= 4 is 11.9 Å². The molecule has 1 saturated carbocycles. The number of ether oxygens (including phenoxy) is 1. The van der Waals surface area contributed by atoms with Crippen LogP contribution in [0.2, 0.25) is 0 Å². The van der Waals surface area contributed by atoms with Crippen molar-refractivity contribution < 1.29 is 14.3 Å². The molecule has 1 aliphatic heterocycles. The SMILES string of the molecule is COc1ccccc1CNC(=O)C1CCCN(C(=O)NC2CC2)C1. The average molecular weight is 331 g/mol. The Morgan fingerprint density at radius 2 is 2.04 bits per heavy atom. The molecule has 0 spiro atoms. The Labute approximate surface area is 142 Å². The van der Waals surface area contributed by atoms with E-state index in [0.29, 0.717) is 19.1 Å². The number of methoxy groups -OCH3 is 1. The molecule has 130 valence electrons. The zero-order valence-corrected chi connectivity index (χ0v) is 14.1. The van der Waals surface area contributed by atoms with Crippen molar-refractivity contribution in [2.45, 2.75) is 38.3 Å². The first-order valence-electron chi connectivity index (χ1n) is 8.62. The fraction of sp³-hybridized carbons (Fsp3) is 0.556. The number of urea groups is 1. The van der Waals surface area contributed by atoms with E-state index in [1.807, 2.05) is 24.3 Å². The molecule has 3 rings (SSSR count). The molecule has 2 aliphatic rings. The summed E-state index contributed by atoms with van der Waals surface area (Å²) in [5.41, 5.74) is 0.951. The van der Waals surface area contributed by atoms with Crippen molar-refractivity contribution in [2.24, 2.45) is 5.92 Å². The van der Waals surface area contributed by atoms with Gasteiger partial charge in [-0.15, -0.1) is 0 Å². The molecule has 0 radical (unpaired) electrons. The van der Waals surface area contributed by atoms with E-state index in [-0.39, 0.29) is 17.9 Å². The van der Waals surface area contributed by atoms with E-state index in [1.54, 1.807) is 12.0 Å². The molecule has 1 aliphatic carbocycles. The minimum Gasteiger partial charge on any atom is -0.496 e. The summed E-state index contributed by atoms with van der Waals surface area (Å²) in [6.45, 7) is 1.67. The summed E-state index contributed by atoms with van der Waals surface area (Å²) in [5.74, 6) is 0.634. The minimum atomic E-state index is -0.140. The summed E-state index contributed by atoms with van der Waals surface area (Å²) in [6, 6.07) is 7.97. The van der Waals surface area contributed by atoms with Gasteiger partial charge >= 0.3 is 6.03 Å². The van der Waals surface area contributed by atoms with Crippen molar-refractivity contribution in [1.29, 1.82) is 0 Å². The van der Waals surface area contributed by atoms with Gasteiger partial charge in [0.25, 0.3) is 0 Å². The second-order valence-corrected chi connectivity index (χ2v) is 6.54. The normalized spacial score (nSPS) is 20.4. The summed E-state index contributed by atoms with van der Waals surface area (Å²) < 4.78 is 5.30. The van der Waals surface area contributed by atoms with Gasteiger partial charge in [0, 0.05) is 31.2 Å². The molecule has 2 N–H and O–H groups in total. The second kappa shape index (κ2) is 7.55. The molecule has 1 saturated heterocycles. The Kier molecular flexibility index (Phi) is 5.23. The number of rotatable bonds is 5. The number of hydrogen-bond donors (Lipinski definition) is 2. The molecule has 1 unspecified atom stereocenters. The monoisotopic (exact) mass is 331 g/mol. The zero-order chi connectivity index (χ0) is 16.9. The lowest BCUT2D eigenvalue weighted by Crippen LogP contribution is -2.49. The predicted molar refractivity (Wildman–Crippen MR) is 90.7 cm³/mol. The van der Waals surface area contributed by atoms with E-state index in [1.165, 1.54) is 0 Å². The van der Waals surface area contributed by atoms with Gasteiger partial charge in [0.05, 0.1) is 13.0 Å². The quantitative estimate of drug-likeness (QED) is 0.866. The summed E-state index contributed by atoms with van der Waals surface area (Å²) in [7, 11) is 1.62. The van der Waals surface area contributed by atoms with Gasteiger partial charge in [-0.2, -0.15) is 0 Å². The highest BCUT2D eigenvalue weighted by molar-refractivity contribution is 5.81. The molecule has 2 fully saturated rings. The second-order valence-electron chi connectivity index (χ2n) is 6.54. The number of carbonyl (C=O) groups is 2. The predicted octanol–water partition coefficient (Wildman–Crippen LogP) is 1.90. The highest BCUT2D eigenvalue weighted by atomic mass is 16.5. The number of likely N-dealkylation sites (tertiary alicyclic amines) is 1. The molecule has 1 aromatic rings. The third-order valence-corrected chi connectivity index (χ3v) is 4.63. The molecule has 6 heteroatoms. The van der Waals surface area contributed by atoms with E-state index in [9.17, 15) is 9.59 Å². The molecule has 3 amide bonds. The highest BCUT2D eigenvalue weighted by Gasteiger charge is 2.31. The van der Waals surface area contributed by atoms with E-state index in [0.717, 1.165) is 43.5 Å². The van der Waals surface area contributed by atoms with Crippen LogP contribution < -0.4 is 15.4 Å². The molecule has 1 aromatic carbocycles. The van der Waals surface area contributed by atoms with E-state index in [4.69, 9.17) is 4.74 Å². The van der Waals surface area contributed by atoms with Crippen molar-refractivity contribution in [1.82, 2.24) is 15.5 Å². The largest absolute Gasteiger partial charge is 0.496 e. The summed E-state index contributed by atoms with van der Waals surface area (Å²) in [4.78, 5) is 26.4. The first kappa shape index (κ1) is 16.6. The maximum atomic E-state index is 12.5. The Balaban J connectivity index is 1.51. The van der Waals surface area contributed by atoms with Crippen LogP contribution in [-0.2, 0) is 11.3 Å². The fourth-order valence-electron chi connectivity index (χ4n) is 3.04. The van der Waals surface area contributed by atoms with E-state index >= 15 is 0 Å². The molecular weight excluding hydrogens is 306 g/mol. The molecule has 24 heavy (non-hydrogen) atoms. The highest BCUT2D eigenvalue weighted by Crippen LogP contribution is 2.22. The van der Waals surface area contributed by atoms with Crippen LogP contribution in [0.4, 0.5) is 4.79 Å². The smallest absolute Gasteiger partial charge is 0.317 e. The van der Waals surface area contributed by atoms with Gasteiger partial charge in [-0.05, 0) is 31.7 Å². The van der Waals surface area contributed by atoms with Crippen LogP contribution in [0.1, 0.15) is 31.2 Å². The number of nitrogens with zero attached hydrogens (tertiary/aromatic N) is 1. The Morgan fingerprint density at radius 3 is 2.79 bits per heavy atom. The van der Waals surface area contributed by atoms with Gasteiger partial charge < -0.3 is 20.3 Å². The van der Waals surface area contributed by atoms with Gasteiger partial charge in [-0.25, -0.2) is 4.79 Å². The Bertz CT molecular complexity index is 601. The number of amides is 3. The van der Waals surface area contributed by atoms with Crippen LogP contribution in [-0.4, -0.2) is 43.1 Å². The summed E-state index contributed by atoms with van der Waals surface area (Å²) >= 11 is 0. The van der Waals surface area contributed by atoms with E-state index < -0.39 is 0 Å². The van der Waals surface area contributed by atoms with Gasteiger partial charge in [0.15, 0.2) is 0 Å². The minimum absolute atomic E-state index is 0.00447. The summed E-state index contributed by atoms with van der Waals surface area (Å²) in [5, 5.41) is 5.97. The standard InChI is InChI=1S/C18H25N3O3/c1-24-16-7-3-2-5-13(16)11-19-17(22)14-6-4-10-21(12-14)18(23)20-15-8-9-15/h2-3,5,7,14-15H,4,6,8-12H2,1H3,(H,19,22)(H,20,23). The lowest BCUT2D eigenvalue weighted by molar-refractivity contribution is -0.126. The first-order chi connectivity index (χ1) is 11.7. The van der Waals surface area contributed by atoms with Crippen LogP contribution in [0.5, 0.6) is 5.75 Å². The number of piperidine rings is 1. The molecule has 1 atom stereocenters. The third-order valence-electron chi connectivity index (χ3n) is 4.63. The lowest BCUT2D eigenvalue weighted by atomic mass is 9.97. The average Bonchev–Trinajstić information content (AvgIpc) is 3.44. The molecule has 0 bridgehead atoms.